The number of aryl methyl sites for hydroxylation is 3. The predicted molar refractivity (Wildman–Crippen MR) is 132 cm³/mol. The minimum absolute atomic E-state index is 0.229. The van der Waals surface area contributed by atoms with E-state index in [0.717, 1.165) is 27.9 Å². The summed E-state index contributed by atoms with van der Waals surface area (Å²) in [5.41, 5.74) is 17.3. The van der Waals surface area contributed by atoms with Gasteiger partial charge in [0.15, 0.2) is 11.6 Å². The van der Waals surface area contributed by atoms with Gasteiger partial charge in [-0.2, -0.15) is 5.10 Å². The fraction of sp³-hybridized carbons (Fsp3) is 0.125. The number of fused-ring (bicyclic) bond motifs is 1. The Hall–Kier alpha value is -4.73. The van der Waals surface area contributed by atoms with Gasteiger partial charge in [-0.3, -0.25) is 4.68 Å². The summed E-state index contributed by atoms with van der Waals surface area (Å²) in [4.78, 5) is 13.7. The van der Waals surface area contributed by atoms with E-state index in [1.54, 1.807) is 21.5 Å². The number of hydrogen-bond donors (Lipinski definition) is 2. The lowest BCUT2D eigenvalue weighted by Gasteiger charge is -2.06. The van der Waals surface area contributed by atoms with Crippen LogP contribution in [0, 0.1) is 6.92 Å². The van der Waals surface area contributed by atoms with Crippen LogP contribution in [0.5, 0.6) is 0 Å². The van der Waals surface area contributed by atoms with Crippen LogP contribution in [0.4, 0.5) is 5.82 Å². The molecule has 0 saturated carbocycles. The molecule has 0 aliphatic rings. The quantitative estimate of drug-likeness (QED) is 0.311. The second-order valence-electron chi connectivity index (χ2n) is 7.96. The third-order valence-electron chi connectivity index (χ3n) is 5.52. The standard InChI is InChI=1S/C24H24N10/c1-15-17(19-9-11-33(3)30-19)14-34-21(15)22(29-23(31-34)24-27-10-12-32(24)2)28-20(26)13-18(25)16-7-5-4-6-8-16/h4-14H,25H2,1-3H3,(H2,26,28,29,31)/b18-13-. The number of benzene rings is 1. The van der Waals surface area contributed by atoms with Gasteiger partial charge in [0.05, 0.1) is 5.69 Å². The Balaban J connectivity index is 1.69. The maximum absolute atomic E-state index is 6.29. The number of amidine groups is 1. The van der Waals surface area contributed by atoms with Crippen molar-refractivity contribution in [2.24, 2.45) is 30.6 Å². The zero-order valence-corrected chi connectivity index (χ0v) is 19.1. The molecular weight excluding hydrogens is 428 g/mol. The summed E-state index contributed by atoms with van der Waals surface area (Å²) in [5.74, 6) is 1.69. The molecule has 0 aliphatic carbocycles. The monoisotopic (exact) mass is 452 g/mol. The van der Waals surface area contributed by atoms with Crippen LogP contribution in [0.2, 0.25) is 0 Å². The zero-order valence-electron chi connectivity index (χ0n) is 19.1. The van der Waals surface area contributed by atoms with Crippen LogP contribution >= 0.6 is 0 Å². The molecule has 0 saturated heterocycles. The molecule has 4 aromatic heterocycles. The average molecular weight is 453 g/mol. The van der Waals surface area contributed by atoms with E-state index in [4.69, 9.17) is 21.5 Å². The first-order valence-corrected chi connectivity index (χ1v) is 10.6. The van der Waals surface area contributed by atoms with Crippen LogP contribution in [0.1, 0.15) is 11.1 Å². The fourth-order valence-electron chi connectivity index (χ4n) is 3.81. The number of rotatable bonds is 5. The number of imidazole rings is 1. The molecular formula is C24H24N10. The summed E-state index contributed by atoms with van der Waals surface area (Å²) in [6.45, 7) is 1.99. The van der Waals surface area contributed by atoms with Crippen molar-refractivity contribution in [1.29, 1.82) is 0 Å². The van der Waals surface area contributed by atoms with E-state index in [1.807, 2.05) is 80.6 Å². The highest BCUT2D eigenvalue weighted by Gasteiger charge is 2.19. The second kappa shape index (κ2) is 8.32. The molecule has 0 spiro atoms. The molecule has 4 heterocycles. The molecule has 34 heavy (non-hydrogen) atoms. The minimum atomic E-state index is 0.229. The van der Waals surface area contributed by atoms with Gasteiger partial charge in [0.1, 0.15) is 11.4 Å². The number of hydrogen-bond acceptors (Lipinski definition) is 6. The Bertz CT molecular complexity index is 1550. The first kappa shape index (κ1) is 21.1. The summed E-state index contributed by atoms with van der Waals surface area (Å²) in [5, 5.41) is 9.25. The average Bonchev–Trinajstić information content (AvgIpc) is 3.53. The van der Waals surface area contributed by atoms with E-state index in [0.29, 0.717) is 23.2 Å². The molecule has 1 aromatic carbocycles. The maximum Gasteiger partial charge on any atom is 0.218 e. The van der Waals surface area contributed by atoms with Crippen molar-refractivity contribution >= 4 is 22.9 Å². The van der Waals surface area contributed by atoms with Gasteiger partial charge in [-0.05, 0) is 24.1 Å². The van der Waals surface area contributed by atoms with E-state index >= 15 is 0 Å². The Kier molecular flexibility index (Phi) is 5.17. The molecule has 0 atom stereocenters. The summed E-state index contributed by atoms with van der Waals surface area (Å²) < 4.78 is 5.37. The normalized spacial score (nSPS) is 12.6. The molecule has 0 radical (unpaired) electrons. The third kappa shape index (κ3) is 3.81. The largest absolute Gasteiger partial charge is 0.398 e. The SMILES string of the molecule is Cc1c(-c2ccn(C)n2)cn2nc(-c3nccn3C)nc(N=C(N)/C=C(\N)c3ccccc3)c12. The van der Waals surface area contributed by atoms with Crippen molar-refractivity contribution < 1.29 is 0 Å². The van der Waals surface area contributed by atoms with Gasteiger partial charge in [-0.1, -0.05) is 30.3 Å². The maximum atomic E-state index is 6.29. The van der Waals surface area contributed by atoms with Crippen LogP contribution in [0.15, 0.2) is 72.3 Å². The van der Waals surface area contributed by atoms with Crippen molar-refractivity contribution in [1.82, 2.24) is 33.9 Å². The third-order valence-corrected chi connectivity index (χ3v) is 5.52. The van der Waals surface area contributed by atoms with E-state index in [-0.39, 0.29) is 5.84 Å². The van der Waals surface area contributed by atoms with Crippen LogP contribution in [-0.4, -0.2) is 39.8 Å². The lowest BCUT2D eigenvalue weighted by Crippen LogP contribution is -2.11. The Morgan fingerprint density at radius 3 is 2.50 bits per heavy atom. The van der Waals surface area contributed by atoms with E-state index in [1.165, 1.54) is 0 Å². The molecule has 4 N–H and O–H groups in total. The smallest absolute Gasteiger partial charge is 0.218 e. The number of aromatic nitrogens is 7. The van der Waals surface area contributed by atoms with Crippen molar-refractivity contribution in [3.05, 3.63) is 78.4 Å². The molecule has 0 amide bonds. The predicted octanol–water partition coefficient (Wildman–Crippen LogP) is 2.83. The fourth-order valence-corrected chi connectivity index (χ4v) is 3.81. The van der Waals surface area contributed by atoms with E-state index in [2.05, 4.69) is 15.1 Å². The molecule has 170 valence electrons. The van der Waals surface area contributed by atoms with Gasteiger partial charge in [0.2, 0.25) is 5.82 Å². The number of nitrogens with zero attached hydrogens (tertiary/aromatic N) is 8. The zero-order chi connectivity index (χ0) is 23.8. The van der Waals surface area contributed by atoms with Crippen molar-refractivity contribution in [3.63, 3.8) is 0 Å². The number of nitrogens with two attached hydrogens (primary N) is 2. The van der Waals surface area contributed by atoms with Crippen molar-refractivity contribution in [2.75, 3.05) is 0 Å². The Morgan fingerprint density at radius 2 is 1.82 bits per heavy atom. The van der Waals surface area contributed by atoms with Crippen LogP contribution in [0.25, 0.3) is 34.1 Å². The van der Waals surface area contributed by atoms with Gasteiger partial charge in [0.25, 0.3) is 0 Å². The molecule has 0 aliphatic heterocycles. The molecule has 0 fully saturated rings. The van der Waals surface area contributed by atoms with Crippen LogP contribution in [0.3, 0.4) is 0 Å². The van der Waals surface area contributed by atoms with Crippen LogP contribution in [-0.2, 0) is 14.1 Å². The molecule has 5 aromatic rings. The highest BCUT2D eigenvalue weighted by atomic mass is 15.3. The van der Waals surface area contributed by atoms with E-state index < -0.39 is 0 Å². The molecule has 0 bridgehead atoms. The van der Waals surface area contributed by atoms with Gasteiger partial charge >= 0.3 is 0 Å². The topological polar surface area (TPSA) is 130 Å². The summed E-state index contributed by atoms with van der Waals surface area (Å²) in [7, 11) is 3.77. The van der Waals surface area contributed by atoms with E-state index in [9.17, 15) is 0 Å². The minimum Gasteiger partial charge on any atom is -0.398 e. The second-order valence-corrected chi connectivity index (χ2v) is 7.96. The van der Waals surface area contributed by atoms with Gasteiger partial charge in [-0.25, -0.2) is 19.5 Å². The van der Waals surface area contributed by atoms with Crippen molar-refractivity contribution in [2.45, 2.75) is 6.92 Å². The van der Waals surface area contributed by atoms with Gasteiger partial charge in [0, 0.05) is 56.2 Å². The summed E-state index contributed by atoms with van der Waals surface area (Å²) in [6.07, 6.45) is 8.99. The highest BCUT2D eigenvalue weighted by Crippen LogP contribution is 2.32. The summed E-state index contributed by atoms with van der Waals surface area (Å²) in [6, 6.07) is 11.5. The molecule has 10 heteroatoms. The molecule has 5 rings (SSSR count). The number of aliphatic imine (C=N–C) groups is 1. The Labute approximate surface area is 195 Å². The molecule has 10 nitrogen and oxygen atoms in total. The van der Waals surface area contributed by atoms with Gasteiger partial charge < -0.3 is 16.0 Å². The Morgan fingerprint density at radius 1 is 1.03 bits per heavy atom. The first-order valence-electron chi connectivity index (χ1n) is 10.6. The van der Waals surface area contributed by atoms with Crippen LogP contribution < -0.4 is 11.5 Å². The lowest BCUT2D eigenvalue weighted by molar-refractivity contribution is 0.770. The summed E-state index contributed by atoms with van der Waals surface area (Å²) >= 11 is 0. The van der Waals surface area contributed by atoms with Crippen molar-refractivity contribution in [3.8, 4) is 22.9 Å². The molecule has 0 unspecified atom stereocenters. The first-order chi connectivity index (χ1) is 16.4. The lowest BCUT2D eigenvalue weighted by atomic mass is 10.1. The highest BCUT2D eigenvalue weighted by molar-refractivity contribution is 6.00. The van der Waals surface area contributed by atoms with Gasteiger partial charge in [-0.15, -0.1) is 5.10 Å².